The Hall–Kier alpha value is -3.33. The summed E-state index contributed by atoms with van der Waals surface area (Å²) in [5.74, 6) is 0.817. The first-order chi connectivity index (χ1) is 14.0. The first kappa shape index (κ1) is 20.4. The molecule has 0 fully saturated rings. The van der Waals surface area contributed by atoms with E-state index in [1.54, 1.807) is 24.3 Å². The second-order valence-electron chi connectivity index (χ2n) is 6.16. The molecule has 1 aromatic heterocycles. The molecule has 0 saturated carbocycles. The van der Waals surface area contributed by atoms with Gasteiger partial charge in [-0.25, -0.2) is 0 Å². The fourth-order valence-electron chi connectivity index (χ4n) is 2.37. The molecule has 0 spiro atoms. The summed E-state index contributed by atoms with van der Waals surface area (Å²) in [6.45, 7) is 3.57. The second-order valence-corrected chi connectivity index (χ2v) is 7.09. The summed E-state index contributed by atoms with van der Waals surface area (Å²) in [5, 5.41) is 13.6. The van der Waals surface area contributed by atoms with Crippen LogP contribution >= 0.6 is 11.8 Å². The van der Waals surface area contributed by atoms with E-state index in [-0.39, 0.29) is 24.2 Å². The zero-order chi connectivity index (χ0) is 20.6. The maximum Gasteiger partial charge on any atom is 0.277 e. The van der Waals surface area contributed by atoms with E-state index in [2.05, 4.69) is 20.8 Å². The molecule has 3 aromatic rings. The highest BCUT2D eigenvalue weighted by Gasteiger charge is 2.11. The smallest absolute Gasteiger partial charge is 0.277 e. The maximum absolute atomic E-state index is 12.1. The van der Waals surface area contributed by atoms with E-state index in [0.29, 0.717) is 22.5 Å². The zero-order valence-electron chi connectivity index (χ0n) is 16.0. The van der Waals surface area contributed by atoms with Crippen molar-refractivity contribution >= 4 is 35.0 Å². The molecule has 0 atom stereocenters. The van der Waals surface area contributed by atoms with Gasteiger partial charge in [-0.05, 0) is 48.9 Å². The van der Waals surface area contributed by atoms with Crippen molar-refractivity contribution in [3.05, 3.63) is 60.0 Å². The summed E-state index contributed by atoms with van der Waals surface area (Å²) >= 11 is 1.14. The van der Waals surface area contributed by atoms with Crippen LogP contribution in [0.2, 0.25) is 0 Å². The first-order valence-electron chi connectivity index (χ1n) is 8.80. The van der Waals surface area contributed by atoms with Crippen molar-refractivity contribution in [1.29, 1.82) is 0 Å². The molecule has 0 unspecified atom stereocenters. The van der Waals surface area contributed by atoms with Crippen LogP contribution < -0.4 is 15.4 Å². The van der Waals surface area contributed by atoms with Crippen LogP contribution in [-0.4, -0.2) is 27.8 Å². The van der Waals surface area contributed by atoms with Gasteiger partial charge >= 0.3 is 0 Å². The van der Waals surface area contributed by atoms with Crippen molar-refractivity contribution in [2.75, 3.05) is 16.4 Å². The standard InChI is InChI=1S/C20H20N4O4S/c1-13-4-3-5-17(10-13)27-11-19-23-24-20(28-19)29-12-18(26)22-16-8-6-15(7-9-16)21-14(2)25/h3-10H,11-12H2,1-2H3,(H,21,25)(H,22,26). The number of hydrogen-bond acceptors (Lipinski definition) is 7. The van der Waals surface area contributed by atoms with Gasteiger partial charge < -0.3 is 19.8 Å². The molecular weight excluding hydrogens is 392 g/mol. The number of benzene rings is 2. The average Bonchev–Trinajstić information content (AvgIpc) is 3.14. The van der Waals surface area contributed by atoms with Crippen molar-refractivity contribution in [3.63, 3.8) is 0 Å². The lowest BCUT2D eigenvalue weighted by Crippen LogP contribution is -2.14. The van der Waals surface area contributed by atoms with Crippen molar-refractivity contribution in [2.24, 2.45) is 0 Å². The van der Waals surface area contributed by atoms with Gasteiger partial charge in [0.05, 0.1) is 5.75 Å². The number of hydrogen-bond donors (Lipinski definition) is 2. The predicted molar refractivity (Wildman–Crippen MR) is 110 cm³/mol. The number of aryl methyl sites for hydroxylation is 1. The van der Waals surface area contributed by atoms with E-state index >= 15 is 0 Å². The molecule has 29 heavy (non-hydrogen) atoms. The van der Waals surface area contributed by atoms with Gasteiger partial charge in [0.25, 0.3) is 11.1 Å². The summed E-state index contributed by atoms with van der Waals surface area (Å²) in [7, 11) is 0. The Labute approximate surface area is 172 Å². The maximum atomic E-state index is 12.1. The molecule has 9 heteroatoms. The largest absolute Gasteiger partial charge is 0.484 e. The highest BCUT2D eigenvalue weighted by atomic mass is 32.2. The lowest BCUT2D eigenvalue weighted by molar-refractivity contribution is -0.114. The minimum atomic E-state index is -0.210. The summed E-state index contributed by atoms with van der Waals surface area (Å²) in [5.41, 5.74) is 2.39. The molecule has 0 bridgehead atoms. The van der Waals surface area contributed by atoms with E-state index < -0.39 is 0 Å². The number of ether oxygens (including phenoxy) is 1. The van der Waals surface area contributed by atoms with E-state index in [1.807, 2.05) is 31.2 Å². The van der Waals surface area contributed by atoms with Gasteiger partial charge in [-0.15, -0.1) is 10.2 Å². The van der Waals surface area contributed by atoms with Gasteiger partial charge in [-0.2, -0.15) is 0 Å². The molecule has 2 amide bonds. The number of aromatic nitrogens is 2. The molecule has 0 aliphatic rings. The summed E-state index contributed by atoms with van der Waals surface area (Å²) in [6, 6.07) is 14.5. The number of nitrogens with one attached hydrogen (secondary N) is 2. The van der Waals surface area contributed by atoms with Gasteiger partial charge in [0, 0.05) is 18.3 Å². The van der Waals surface area contributed by atoms with Crippen LogP contribution in [0.5, 0.6) is 5.75 Å². The third-order valence-electron chi connectivity index (χ3n) is 3.62. The number of nitrogens with zero attached hydrogens (tertiary/aromatic N) is 2. The summed E-state index contributed by atoms with van der Waals surface area (Å²) < 4.78 is 11.1. The SMILES string of the molecule is CC(=O)Nc1ccc(NC(=O)CSc2nnc(COc3cccc(C)c3)o2)cc1. The van der Waals surface area contributed by atoms with Crippen LogP contribution in [0.4, 0.5) is 11.4 Å². The highest BCUT2D eigenvalue weighted by Crippen LogP contribution is 2.19. The third-order valence-corrected chi connectivity index (χ3v) is 4.43. The van der Waals surface area contributed by atoms with Crippen LogP contribution in [-0.2, 0) is 16.2 Å². The average molecular weight is 412 g/mol. The Balaban J connectivity index is 1.44. The number of amides is 2. The van der Waals surface area contributed by atoms with Gasteiger partial charge in [0.1, 0.15) is 5.75 Å². The van der Waals surface area contributed by atoms with Crippen molar-refractivity contribution in [3.8, 4) is 5.75 Å². The normalized spacial score (nSPS) is 10.4. The molecule has 0 aliphatic carbocycles. The Morgan fingerprint density at radius 1 is 1.07 bits per heavy atom. The van der Waals surface area contributed by atoms with E-state index in [1.165, 1.54) is 6.92 Å². The lowest BCUT2D eigenvalue weighted by Gasteiger charge is -2.06. The molecule has 150 valence electrons. The van der Waals surface area contributed by atoms with Crippen LogP contribution in [0, 0.1) is 6.92 Å². The monoisotopic (exact) mass is 412 g/mol. The Morgan fingerprint density at radius 3 is 2.48 bits per heavy atom. The van der Waals surface area contributed by atoms with Gasteiger partial charge in [-0.3, -0.25) is 9.59 Å². The number of carbonyl (C=O) groups is 2. The molecule has 1 heterocycles. The molecule has 2 N–H and O–H groups in total. The summed E-state index contributed by atoms with van der Waals surface area (Å²) in [6.07, 6.45) is 0. The zero-order valence-corrected chi connectivity index (χ0v) is 16.8. The van der Waals surface area contributed by atoms with Gasteiger partial charge in [0.15, 0.2) is 6.61 Å². The molecule has 0 aliphatic heterocycles. The van der Waals surface area contributed by atoms with Crippen LogP contribution in [0.25, 0.3) is 0 Å². The molecular formula is C20H20N4O4S. The van der Waals surface area contributed by atoms with Crippen LogP contribution in [0.1, 0.15) is 18.4 Å². The molecule has 0 radical (unpaired) electrons. The van der Waals surface area contributed by atoms with Crippen LogP contribution in [0.3, 0.4) is 0 Å². The highest BCUT2D eigenvalue weighted by molar-refractivity contribution is 7.99. The number of rotatable bonds is 8. The molecule has 3 rings (SSSR count). The minimum Gasteiger partial charge on any atom is -0.484 e. The predicted octanol–water partition coefficient (Wildman–Crippen LogP) is 3.65. The number of carbonyl (C=O) groups excluding carboxylic acids is 2. The van der Waals surface area contributed by atoms with Crippen molar-refractivity contribution < 1.29 is 18.7 Å². The Kier molecular flexibility index (Phi) is 6.85. The minimum absolute atomic E-state index is 0.119. The van der Waals surface area contributed by atoms with Crippen molar-refractivity contribution in [2.45, 2.75) is 25.7 Å². The van der Waals surface area contributed by atoms with Crippen LogP contribution in [0.15, 0.2) is 58.2 Å². The molecule has 2 aromatic carbocycles. The fourth-order valence-corrected chi connectivity index (χ4v) is 2.95. The Bertz CT molecular complexity index is 988. The summed E-state index contributed by atoms with van der Waals surface area (Å²) in [4.78, 5) is 23.1. The van der Waals surface area contributed by atoms with Crippen molar-refractivity contribution in [1.82, 2.24) is 10.2 Å². The third kappa shape index (κ3) is 6.65. The van der Waals surface area contributed by atoms with Gasteiger partial charge in [0.2, 0.25) is 11.8 Å². The Morgan fingerprint density at radius 2 is 1.79 bits per heavy atom. The molecule has 8 nitrogen and oxygen atoms in total. The quantitative estimate of drug-likeness (QED) is 0.544. The number of anilines is 2. The fraction of sp³-hybridized carbons (Fsp3) is 0.200. The second kappa shape index (κ2) is 9.74. The topological polar surface area (TPSA) is 106 Å². The molecule has 0 saturated heterocycles. The van der Waals surface area contributed by atoms with E-state index in [0.717, 1.165) is 23.1 Å². The van der Waals surface area contributed by atoms with E-state index in [9.17, 15) is 9.59 Å². The van der Waals surface area contributed by atoms with Gasteiger partial charge in [-0.1, -0.05) is 23.9 Å². The first-order valence-corrected chi connectivity index (χ1v) is 9.78. The number of thioether (sulfide) groups is 1. The lowest BCUT2D eigenvalue weighted by atomic mass is 10.2. The van der Waals surface area contributed by atoms with E-state index in [4.69, 9.17) is 9.15 Å².